The second-order valence-electron chi connectivity index (χ2n) is 2.68. The van der Waals surface area contributed by atoms with E-state index in [2.05, 4.69) is 9.17 Å². The van der Waals surface area contributed by atoms with Gasteiger partial charge in [-0.2, -0.15) is 8.42 Å². The summed E-state index contributed by atoms with van der Waals surface area (Å²) in [5.41, 5.74) is 0.677. The molecule has 0 saturated carbocycles. The van der Waals surface area contributed by atoms with Gasteiger partial charge in [0.05, 0.1) is 20.0 Å². The Hall–Kier alpha value is -1.14. The quantitative estimate of drug-likeness (QED) is 0.690. The molecule has 0 saturated heterocycles. The Morgan fingerprint density at radius 3 is 2.57 bits per heavy atom. The van der Waals surface area contributed by atoms with E-state index in [-0.39, 0.29) is 6.61 Å². The molecule has 0 atom stereocenters. The highest BCUT2D eigenvalue weighted by atomic mass is 32.2. The third-order valence-electron chi connectivity index (χ3n) is 1.45. The minimum absolute atomic E-state index is 0.00414. The van der Waals surface area contributed by atoms with E-state index in [1.807, 2.05) is 0 Å². The number of pyridine rings is 1. The standard InChI is InChI=1S/C8H11NO4S/c1-12-8-4-3-7(5-9-8)6-13-14(2,10)11/h3-5H,6H2,1-2H3. The van der Waals surface area contributed by atoms with E-state index in [0.29, 0.717) is 11.4 Å². The van der Waals surface area contributed by atoms with E-state index in [1.54, 1.807) is 12.1 Å². The summed E-state index contributed by atoms with van der Waals surface area (Å²) >= 11 is 0. The Balaban J connectivity index is 2.61. The summed E-state index contributed by atoms with van der Waals surface area (Å²) in [7, 11) is -1.89. The number of ether oxygens (including phenoxy) is 1. The zero-order valence-corrected chi connectivity index (χ0v) is 8.74. The predicted molar refractivity (Wildman–Crippen MR) is 50.4 cm³/mol. The molecule has 5 nitrogen and oxygen atoms in total. The van der Waals surface area contributed by atoms with E-state index in [9.17, 15) is 8.42 Å². The van der Waals surface area contributed by atoms with Gasteiger partial charge in [0.15, 0.2) is 0 Å². The first-order valence-electron chi connectivity index (χ1n) is 3.84. The third-order valence-corrected chi connectivity index (χ3v) is 1.99. The van der Waals surface area contributed by atoms with Gasteiger partial charge in [0.1, 0.15) is 0 Å². The van der Waals surface area contributed by atoms with E-state index in [4.69, 9.17) is 4.74 Å². The fourth-order valence-corrected chi connectivity index (χ4v) is 1.14. The largest absolute Gasteiger partial charge is 0.481 e. The lowest BCUT2D eigenvalue weighted by Gasteiger charge is -2.02. The number of aromatic nitrogens is 1. The SMILES string of the molecule is COc1ccc(COS(C)(=O)=O)cn1. The summed E-state index contributed by atoms with van der Waals surface area (Å²) < 4.78 is 30.7. The molecule has 0 spiro atoms. The van der Waals surface area contributed by atoms with Crippen molar-refractivity contribution in [1.29, 1.82) is 0 Å². The molecule has 0 radical (unpaired) electrons. The molecule has 0 aliphatic carbocycles. The van der Waals surface area contributed by atoms with Crippen LogP contribution >= 0.6 is 0 Å². The molecule has 1 rings (SSSR count). The molecule has 14 heavy (non-hydrogen) atoms. The van der Waals surface area contributed by atoms with E-state index in [0.717, 1.165) is 6.26 Å². The molecule has 0 aliphatic rings. The van der Waals surface area contributed by atoms with Crippen LogP contribution in [0.5, 0.6) is 5.88 Å². The second kappa shape index (κ2) is 4.39. The molecule has 1 heterocycles. The van der Waals surface area contributed by atoms with Gasteiger partial charge in [0, 0.05) is 12.3 Å². The Morgan fingerprint density at radius 2 is 2.14 bits per heavy atom. The molecule has 0 aromatic carbocycles. The Labute approximate surface area is 82.8 Å². The molecule has 1 aromatic heterocycles. The summed E-state index contributed by atoms with van der Waals surface area (Å²) in [5.74, 6) is 0.480. The Kier molecular flexibility index (Phi) is 3.43. The normalized spacial score (nSPS) is 11.3. The van der Waals surface area contributed by atoms with Crippen molar-refractivity contribution in [3.05, 3.63) is 23.9 Å². The fourth-order valence-electron chi connectivity index (χ4n) is 0.792. The topological polar surface area (TPSA) is 65.5 Å². The molecule has 0 unspecified atom stereocenters. The van der Waals surface area contributed by atoms with Gasteiger partial charge in [-0.05, 0) is 11.6 Å². The summed E-state index contributed by atoms with van der Waals surface area (Å²) in [6, 6.07) is 3.33. The smallest absolute Gasteiger partial charge is 0.264 e. The molecule has 0 amide bonds. The monoisotopic (exact) mass is 217 g/mol. The first-order chi connectivity index (χ1) is 6.51. The van der Waals surface area contributed by atoms with Crippen LogP contribution in [0.25, 0.3) is 0 Å². The van der Waals surface area contributed by atoms with Crippen molar-refractivity contribution in [2.75, 3.05) is 13.4 Å². The van der Waals surface area contributed by atoms with Gasteiger partial charge in [-0.25, -0.2) is 4.98 Å². The van der Waals surface area contributed by atoms with Crippen molar-refractivity contribution in [1.82, 2.24) is 4.98 Å². The minimum atomic E-state index is -3.40. The number of methoxy groups -OCH3 is 1. The zero-order chi connectivity index (χ0) is 10.6. The third kappa shape index (κ3) is 3.71. The molecule has 0 aliphatic heterocycles. The predicted octanol–water partition coefficient (Wildman–Crippen LogP) is 0.566. The van der Waals surface area contributed by atoms with Gasteiger partial charge in [-0.15, -0.1) is 0 Å². The van der Waals surface area contributed by atoms with Crippen LogP contribution in [0.1, 0.15) is 5.56 Å². The van der Waals surface area contributed by atoms with Crippen molar-refractivity contribution in [2.45, 2.75) is 6.61 Å². The van der Waals surface area contributed by atoms with Crippen molar-refractivity contribution in [3.8, 4) is 5.88 Å². The van der Waals surface area contributed by atoms with Crippen LogP contribution in [-0.2, 0) is 20.9 Å². The zero-order valence-electron chi connectivity index (χ0n) is 7.93. The van der Waals surface area contributed by atoms with E-state index in [1.165, 1.54) is 13.3 Å². The van der Waals surface area contributed by atoms with Gasteiger partial charge >= 0.3 is 0 Å². The average Bonchev–Trinajstić information content (AvgIpc) is 2.14. The Bertz CT molecular complexity index is 384. The molecule has 1 aromatic rings. The second-order valence-corrected chi connectivity index (χ2v) is 4.32. The molecule has 0 bridgehead atoms. The van der Waals surface area contributed by atoms with Crippen LogP contribution in [-0.4, -0.2) is 26.8 Å². The first-order valence-corrected chi connectivity index (χ1v) is 5.66. The van der Waals surface area contributed by atoms with Crippen LogP contribution < -0.4 is 4.74 Å². The van der Waals surface area contributed by atoms with Crippen LogP contribution in [0.15, 0.2) is 18.3 Å². The summed E-state index contributed by atoms with van der Waals surface area (Å²) in [6.45, 7) is -0.00414. The molecular formula is C8H11NO4S. The van der Waals surface area contributed by atoms with Crippen LogP contribution in [0.2, 0.25) is 0 Å². The maximum atomic E-state index is 10.7. The number of nitrogens with zero attached hydrogens (tertiary/aromatic N) is 1. The van der Waals surface area contributed by atoms with Gasteiger partial charge < -0.3 is 4.74 Å². The highest BCUT2D eigenvalue weighted by Crippen LogP contribution is 2.08. The van der Waals surface area contributed by atoms with Crippen molar-refractivity contribution >= 4 is 10.1 Å². The highest BCUT2D eigenvalue weighted by molar-refractivity contribution is 7.85. The number of hydrogen-bond acceptors (Lipinski definition) is 5. The average molecular weight is 217 g/mol. The lowest BCUT2D eigenvalue weighted by Crippen LogP contribution is -2.02. The lowest BCUT2D eigenvalue weighted by molar-refractivity contribution is 0.310. The number of rotatable bonds is 4. The van der Waals surface area contributed by atoms with Gasteiger partial charge in [0.2, 0.25) is 5.88 Å². The maximum absolute atomic E-state index is 10.7. The summed E-state index contributed by atoms with van der Waals surface area (Å²) in [6.07, 6.45) is 2.51. The minimum Gasteiger partial charge on any atom is -0.481 e. The fraction of sp³-hybridized carbons (Fsp3) is 0.375. The molecule has 0 fully saturated rings. The van der Waals surface area contributed by atoms with Gasteiger partial charge in [-0.1, -0.05) is 0 Å². The molecule has 6 heteroatoms. The van der Waals surface area contributed by atoms with Crippen LogP contribution in [0, 0.1) is 0 Å². The molecule has 0 N–H and O–H groups in total. The molecule has 78 valence electrons. The molecular weight excluding hydrogens is 206 g/mol. The van der Waals surface area contributed by atoms with E-state index < -0.39 is 10.1 Å². The van der Waals surface area contributed by atoms with Crippen molar-refractivity contribution in [2.24, 2.45) is 0 Å². The van der Waals surface area contributed by atoms with Crippen LogP contribution in [0.3, 0.4) is 0 Å². The van der Waals surface area contributed by atoms with Crippen LogP contribution in [0.4, 0.5) is 0 Å². The highest BCUT2D eigenvalue weighted by Gasteiger charge is 2.02. The van der Waals surface area contributed by atoms with Crippen molar-refractivity contribution in [3.63, 3.8) is 0 Å². The van der Waals surface area contributed by atoms with Crippen molar-refractivity contribution < 1.29 is 17.3 Å². The number of hydrogen-bond donors (Lipinski definition) is 0. The lowest BCUT2D eigenvalue weighted by atomic mass is 10.3. The Morgan fingerprint density at radius 1 is 1.43 bits per heavy atom. The summed E-state index contributed by atoms with van der Waals surface area (Å²) in [4.78, 5) is 3.90. The van der Waals surface area contributed by atoms with Gasteiger partial charge in [0.25, 0.3) is 10.1 Å². The van der Waals surface area contributed by atoms with Gasteiger partial charge in [-0.3, -0.25) is 4.18 Å². The van der Waals surface area contributed by atoms with E-state index >= 15 is 0 Å². The maximum Gasteiger partial charge on any atom is 0.264 e. The first kappa shape index (κ1) is 10.9. The summed E-state index contributed by atoms with van der Waals surface area (Å²) in [5, 5.41) is 0.